The van der Waals surface area contributed by atoms with E-state index < -0.39 is 0 Å². The zero-order chi connectivity index (χ0) is 12.6. The van der Waals surface area contributed by atoms with Crippen LogP contribution in [0, 0.1) is 20.8 Å². The van der Waals surface area contributed by atoms with Crippen LogP contribution in [0.3, 0.4) is 0 Å². The number of pyridine rings is 1. The number of benzene rings is 1. The summed E-state index contributed by atoms with van der Waals surface area (Å²) in [4.78, 5) is 15.6. The lowest BCUT2D eigenvalue weighted by Gasteiger charge is -2.10. The molecule has 0 aliphatic rings. The number of aryl methyl sites for hydroxylation is 3. The molecule has 2 rings (SSSR count). The van der Waals surface area contributed by atoms with Crippen LogP contribution in [0.25, 0.3) is 10.9 Å². The van der Waals surface area contributed by atoms with Gasteiger partial charge in [0.25, 0.3) is 0 Å². The summed E-state index contributed by atoms with van der Waals surface area (Å²) in [5, 5.41) is 1.06. The van der Waals surface area contributed by atoms with Crippen molar-refractivity contribution in [2.75, 3.05) is 0 Å². The van der Waals surface area contributed by atoms with E-state index in [-0.39, 0.29) is 12.3 Å². The van der Waals surface area contributed by atoms with Gasteiger partial charge in [0.15, 0.2) is 0 Å². The lowest BCUT2D eigenvalue weighted by atomic mass is 9.98. The molecule has 3 heteroatoms. The Bertz CT molecular complexity index is 597. The summed E-state index contributed by atoms with van der Waals surface area (Å²) in [5.41, 5.74) is 10.4. The van der Waals surface area contributed by atoms with E-state index in [0.717, 1.165) is 27.7 Å². The maximum Gasteiger partial charge on any atom is 0.221 e. The molecule has 17 heavy (non-hydrogen) atoms. The number of amides is 1. The highest BCUT2D eigenvalue weighted by molar-refractivity contribution is 5.90. The Morgan fingerprint density at radius 1 is 1.24 bits per heavy atom. The van der Waals surface area contributed by atoms with Crippen LogP contribution in [0.1, 0.15) is 22.4 Å². The molecule has 3 nitrogen and oxygen atoms in total. The van der Waals surface area contributed by atoms with E-state index in [1.165, 1.54) is 5.56 Å². The highest BCUT2D eigenvalue weighted by Crippen LogP contribution is 2.24. The minimum absolute atomic E-state index is 0.268. The average molecular weight is 228 g/mol. The van der Waals surface area contributed by atoms with Crippen LogP contribution in [-0.4, -0.2) is 10.9 Å². The first-order valence-corrected chi connectivity index (χ1v) is 5.63. The maximum absolute atomic E-state index is 11.1. The number of carbonyl (C=O) groups excluding carboxylic acids is 1. The van der Waals surface area contributed by atoms with Gasteiger partial charge in [-0.1, -0.05) is 6.07 Å². The Balaban J connectivity index is 2.77. The molecule has 0 radical (unpaired) electrons. The molecule has 88 valence electrons. The molecule has 0 atom stereocenters. The van der Waals surface area contributed by atoms with Crippen molar-refractivity contribution in [2.24, 2.45) is 5.73 Å². The van der Waals surface area contributed by atoms with Crippen LogP contribution < -0.4 is 5.73 Å². The van der Waals surface area contributed by atoms with E-state index in [1.54, 1.807) is 0 Å². The summed E-state index contributed by atoms with van der Waals surface area (Å²) >= 11 is 0. The Morgan fingerprint density at radius 2 is 1.94 bits per heavy atom. The van der Waals surface area contributed by atoms with E-state index in [0.29, 0.717) is 0 Å². The van der Waals surface area contributed by atoms with Gasteiger partial charge in [-0.25, -0.2) is 0 Å². The summed E-state index contributed by atoms with van der Waals surface area (Å²) in [6, 6.07) is 6.08. The van der Waals surface area contributed by atoms with Crippen molar-refractivity contribution < 1.29 is 4.79 Å². The van der Waals surface area contributed by atoms with Gasteiger partial charge in [-0.3, -0.25) is 9.78 Å². The molecule has 1 aromatic heterocycles. The molecule has 0 fully saturated rings. The third-order valence-electron chi connectivity index (χ3n) is 2.82. The Labute approximate surface area is 101 Å². The molecular formula is C14H16N2O. The molecule has 2 aromatic rings. The second kappa shape index (κ2) is 4.17. The van der Waals surface area contributed by atoms with E-state index in [4.69, 9.17) is 5.73 Å². The molecule has 0 unspecified atom stereocenters. The van der Waals surface area contributed by atoms with Gasteiger partial charge >= 0.3 is 0 Å². The fourth-order valence-corrected chi connectivity index (χ4v) is 2.32. The molecule has 0 saturated carbocycles. The summed E-state index contributed by atoms with van der Waals surface area (Å²) in [5.74, 6) is -0.308. The van der Waals surface area contributed by atoms with Crippen LogP contribution in [0.4, 0.5) is 0 Å². The number of nitrogens with zero attached hydrogens (tertiary/aromatic N) is 1. The van der Waals surface area contributed by atoms with Crippen molar-refractivity contribution in [2.45, 2.75) is 27.2 Å². The average Bonchev–Trinajstić information content (AvgIpc) is 2.13. The number of aromatic nitrogens is 1. The third-order valence-corrected chi connectivity index (χ3v) is 2.82. The van der Waals surface area contributed by atoms with E-state index in [9.17, 15) is 4.79 Å². The van der Waals surface area contributed by atoms with Gasteiger partial charge in [0.05, 0.1) is 11.9 Å². The lowest BCUT2D eigenvalue weighted by molar-refractivity contribution is -0.117. The number of hydrogen-bond donors (Lipinski definition) is 1. The van der Waals surface area contributed by atoms with Crippen molar-refractivity contribution in [1.29, 1.82) is 0 Å². The third kappa shape index (κ3) is 2.28. The molecule has 0 aliphatic carbocycles. The Morgan fingerprint density at radius 3 is 2.59 bits per heavy atom. The first-order valence-electron chi connectivity index (χ1n) is 5.63. The van der Waals surface area contributed by atoms with Crippen molar-refractivity contribution >= 4 is 16.8 Å². The topological polar surface area (TPSA) is 56.0 Å². The summed E-state index contributed by atoms with van der Waals surface area (Å²) in [6.07, 6.45) is 0.268. The number of nitrogens with two attached hydrogens (primary N) is 1. The first-order chi connectivity index (χ1) is 7.97. The second-order valence-corrected chi connectivity index (χ2v) is 4.54. The number of fused-ring (bicyclic) bond motifs is 1. The van der Waals surface area contributed by atoms with Gasteiger partial charge in [-0.05, 0) is 49.6 Å². The fraction of sp³-hybridized carbons (Fsp3) is 0.286. The minimum atomic E-state index is -0.308. The predicted octanol–water partition coefficient (Wildman–Crippen LogP) is 2.19. The molecule has 0 bridgehead atoms. The van der Waals surface area contributed by atoms with E-state index in [1.807, 2.05) is 32.9 Å². The predicted molar refractivity (Wildman–Crippen MR) is 68.9 cm³/mol. The number of hydrogen-bond acceptors (Lipinski definition) is 2. The van der Waals surface area contributed by atoms with Gasteiger partial charge in [-0.15, -0.1) is 0 Å². The molecule has 0 aliphatic heterocycles. The standard InChI is InChI=1S/C14H16N2O/c1-8-4-9(2)14-11(7-13(15)17)6-10(3)16-12(14)5-8/h4-6H,7H2,1-3H3,(H2,15,17). The van der Waals surface area contributed by atoms with E-state index >= 15 is 0 Å². The smallest absolute Gasteiger partial charge is 0.221 e. The monoisotopic (exact) mass is 228 g/mol. The summed E-state index contributed by atoms with van der Waals surface area (Å²) in [7, 11) is 0. The van der Waals surface area contributed by atoms with Gasteiger partial charge in [0.1, 0.15) is 0 Å². The first kappa shape index (κ1) is 11.6. The highest BCUT2D eigenvalue weighted by Gasteiger charge is 2.09. The maximum atomic E-state index is 11.1. The van der Waals surface area contributed by atoms with Gasteiger partial charge in [0.2, 0.25) is 5.91 Å². The SMILES string of the molecule is Cc1cc(C)c2c(CC(N)=O)cc(C)nc2c1. The van der Waals surface area contributed by atoms with Crippen molar-refractivity contribution in [3.8, 4) is 0 Å². The number of carbonyl (C=O) groups is 1. The van der Waals surface area contributed by atoms with Crippen LogP contribution in [0.5, 0.6) is 0 Å². The minimum Gasteiger partial charge on any atom is -0.369 e. The largest absolute Gasteiger partial charge is 0.369 e. The van der Waals surface area contributed by atoms with Gasteiger partial charge in [-0.2, -0.15) is 0 Å². The van der Waals surface area contributed by atoms with Crippen molar-refractivity contribution in [1.82, 2.24) is 4.98 Å². The Hall–Kier alpha value is -1.90. The van der Waals surface area contributed by atoms with E-state index in [2.05, 4.69) is 11.1 Å². The zero-order valence-electron chi connectivity index (χ0n) is 10.4. The van der Waals surface area contributed by atoms with Crippen molar-refractivity contribution in [3.63, 3.8) is 0 Å². The fourth-order valence-electron chi connectivity index (χ4n) is 2.32. The quantitative estimate of drug-likeness (QED) is 0.856. The van der Waals surface area contributed by atoms with Crippen molar-refractivity contribution in [3.05, 3.63) is 40.6 Å². The molecule has 0 saturated heterocycles. The van der Waals surface area contributed by atoms with Crippen LogP contribution in [0.2, 0.25) is 0 Å². The normalized spacial score (nSPS) is 10.8. The summed E-state index contributed by atoms with van der Waals surface area (Å²) < 4.78 is 0. The number of primary amides is 1. The zero-order valence-corrected chi connectivity index (χ0v) is 10.4. The van der Waals surface area contributed by atoms with Crippen LogP contribution >= 0.6 is 0 Å². The lowest BCUT2D eigenvalue weighted by Crippen LogP contribution is -2.14. The Kier molecular flexibility index (Phi) is 2.84. The van der Waals surface area contributed by atoms with Crippen LogP contribution in [-0.2, 0) is 11.2 Å². The molecule has 1 amide bonds. The van der Waals surface area contributed by atoms with Crippen LogP contribution in [0.15, 0.2) is 18.2 Å². The molecule has 1 heterocycles. The number of rotatable bonds is 2. The molecule has 0 spiro atoms. The molecule has 1 aromatic carbocycles. The van der Waals surface area contributed by atoms with Gasteiger partial charge in [0, 0.05) is 11.1 Å². The summed E-state index contributed by atoms with van der Waals surface area (Å²) in [6.45, 7) is 6.02. The highest BCUT2D eigenvalue weighted by atomic mass is 16.1. The second-order valence-electron chi connectivity index (χ2n) is 4.54. The molecular weight excluding hydrogens is 212 g/mol. The van der Waals surface area contributed by atoms with Gasteiger partial charge < -0.3 is 5.73 Å². The molecule has 2 N–H and O–H groups in total.